The van der Waals surface area contributed by atoms with Crippen LogP contribution in [0.3, 0.4) is 0 Å². The summed E-state index contributed by atoms with van der Waals surface area (Å²) in [6.45, 7) is 0. The zero-order chi connectivity index (χ0) is 34.6. The fourth-order valence-corrected chi connectivity index (χ4v) is 9.88. The fraction of sp³-hybridized carbons (Fsp3) is 0. The number of hydrogen-bond acceptors (Lipinski definition) is 3. The summed E-state index contributed by atoms with van der Waals surface area (Å²) in [4.78, 5) is 0. The molecule has 0 fully saturated rings. The molecule has 0 saturated heterocycles. The maximum absolute atomic E-state index is 6.51. The van der Waals surface area contributed by atoms with Gasteiger partial charge >= 0.3 is 0 Å². The van der Waals surface area contributed by atoms with Crippen LogP contribution >= 0.6 is 11.3 Å². The summed E-state index contributed by atoms with van der Waals surface area (Å²) in [5, 5.41) is 13.2. The lowest BCUT2D eigenvalue weighted by molar-refractivity contribution is 0.617. The molecule has 0 radical (unpaired) electrons. The van der Waals surface area contributed by atoms with Gasteiger partial charge in [0.1, 0.15) is 16.7 Å². The van der Waals surface area contributed by atoms with Gasteiger partial charge in [0.25, 0.3) is 0 Å². The van der Waals surface area contributed by atoms with Crippen LogP contribution in [0.15, 0.2) is 179 Å². The number of furan rings is 2. The molecule has 53 heavy (non-hydrogen) atoms. The van der Waals surface area contributed by atoms with Crippen molar-refractivity contribution in [2.24, 2.45) is 0 Å². The summed E-state index contributed by atoms with van der Waals surface area (Å²) in [7, 11) is 0. The number of benzene rings is 9. The minimum Gasteiger partial charge on any atom is -0.464 e. The second kappa shape index (κ2) is 10.9. The SMILES string of the molecule is c1ccc(-c2coc3cc4c(cc23)sc2ccc(-c3c5ccccc5c(-c5cc6c7ccccc7oc6c6ccccc56)c5ccccc35)cc24)cc1. The molecule has 0 atom stereocenters. The van der Waals surface area contributed by atoms with Gasteiger partial charge in [0.05, 0.1) is 6.26 Å². The van der Waals surface area contributed by atoms with E-state index in [4.69, 9.17) is 8.83 Å². The lowest BCUT2D eigenvalue weighted by Gasteiger charge is -2.19. The van der Waals surface area contributed by atoms with E-state index in [1.807, 2.05) is 23.7 Å². The van der Waals surface area contributed by atoms with E-state index in [9.17, 15) is 0 Å². The molecule has 0 unspecified atom stereocenters. The van der Waals surface area contributed by atoms with Gasteiger partial charge in [-0.1, -0.05) is 127 Å². The molecule has 246 valence electrons. The van der Waals surface area contributed by atoms with Gasteiger partial charge in [-0.05, 0) is 91.1 Å². The van der Waals surface area contributed by atoms with Gasteiger partial charge in [-0.15, -0.1) is 11.3 Å². The normalized spacial score (nSPS) is 12.2. The Labute approximate surface area is 307 Å². The van der Waals surface area contributed by atoms with Crippen LogP contribution in [0.25, 0.3) is 119 Å². The molecular weight excluding hydrogens is 665 g/mol. The maximum atomic E-state index is 6.51. The summed E-state index contributed by atoms with van der Waals surface area (Å²) in [6.07, 6.45) is 1.90. The van der Waals surface area contributed by atoms with Gasteiger partial charge in [-0.3, -0.25) is 0 Å². The quantitative estimate of drug-likeness (QED) is 0.172. The molecule has 2 nitrogen and oxygen atoms in total. The Hall–Kier alpha value is -6.68. The molecule has 0 bridgehead atoms. The molecule has 0 amide bonds. The van der Waals surface area contributed by atoms with Crippen LogP contribution in [0, 0.1) is 0 Å². The highest BCUT2D eigenvalue weighted by molar-refractivity contribution is 7.25. The molecule has 12 rings (SSSR count). The third-order valence-electron chi connectivity index (χ3n) is 11.1. The van der Waals surface area contributed by atoms with Crippen LogP contribution in [0.5, 0.6) is 0 Å². The molecule has 3 heteroatoms. The van der Waals surface area contributed by atoms with Crippen molar-refractivity contribution in [1.29, 1.82) is 0 Å². The minimum absolute atomic E-state index is 0.913. The smallest absolute Gasteiger partial charge is 0.143 e. The van der Waals surface area contributed by atoms with E-state index in [1.54, 1.807) is 0 Å². The zero-order valence-electron chi connectivity index (χ0n) is 28.4. The Morgan fingerprint density at radius 3 is 1.72 bits per heavy atom. The first-order valence-electron chi connectivity index (χ1n) is 18.0. The summed E-state index contributed by atoms with van der Waals surface area (Å²) in [6, 6.07) is 59.3. The maximum Gasteiger partial charge on any atom is 0.143 e. The lowest BCUT2D eigenvalue weighted by Crippen LogP contribution is -1.92. The van der Waals surface area contributed by atoms with Crippen molar-refractivity contribution in [2.75, 3.05) is 0 Å². The second-order valence-electron chi connectivity index (χ2n) is 14.0. The number of hydrogen-bond donors (Lipinski definition) is 0. The van der Waals surface area contributed by atoms with Crippen LogP contribution in [0.4, 0.5) is 0 Å². The van der Waals surface area contributed by atoms with Crippen LogP contribution in [0.1, 0.15) is 0 Å². The van der Waals surface area contributed by atoms with Crippen molar-refractivity contribution < 1.29 is 8.83 Å². The fourth-order valence-electron chi connectivity index (χ4n) is 8.78. The number of rotatable bonds is 3. The van der Waals surface area contributed by atoms with Gasteiger partial charge in [-0.2, -0.15) is 0 Å². The Kier molecular flexibility index (Phi) is 5.96. The average molecular weight is 693 g/mol. The van der Waals surface area contributed by atoms with Gasteiger partial charge in [0.2, 0.25) is 0 Å². The molecule has 0 saturated carbocycles. The number of para-hydroxylation sites is 1. The second-order valence-corrected chi connectivity index (χ2v) is 15.0. The summed E-state index contributed by atoms with van der Waals surface area (Å²) in [5.41, 5.74) is 10.00. The monoisotopic (exact) mass is 692 g/mol. The molecule has 12 aromatic rings. The molecule has 0 aliphatic heterocycles. The predicted octanol–water partition coefficient (Wildman–Crippen LogP) is 15.2. The van der Waals surface area contributed by atoms with Crippen LogP contribution < -0.4 is 0 Å². The highest BCUT2D eigenvalue weighted by Crippen LogP contribution is 2.49. The summed E-state index contributed by atoms with van der Waals surface area (Å²) in [5.74, 6) is 0. The third kappa shape index (κ3) is 4.14. The Bertz CT molecular complexity index is 3390. The van der Waals surface area contributed by atoms with Gasteiger partial charge in [-0.25, -0.2) is 0 Å². The highest BCUT2D eigenvalue weighted by Gasteiger charge is 2.21. The van der Waals surface area contributed by atoms with Gasteiger partial charge in [0, 0.05) is 47.3 Å². The van der Waals surface area contributed by atoms with Crippen LogP contribution in [-0.2, 0) is 0 Å². The first kappa shape index (κ1) is 29.0. The summed E-state index contributed by atoms with van der Waals surface area (Å²) < 4.78 is 15.2. The predicted molar refractivity (Wildman–Crippen MR) is 225 cm³/mol. The molecule has 9 aromatic carbocycles. The average Bonchev–Trinajstić information content (AvgIpc) is 3.92. The summed E-state index contributed by atoms with van der Waals surface area (Å²) >= 11 is 1.85. The number of fused-ring (bicyclic) bond motifs is 11. The third-order valence-corrected chi connectivity index (χ3v) is 12.3. The van der Waals surface area contributed by atoms with Crippen molar-refractivity contribution in [3.05, 3.63) is 170 Å². The van der Waals surface area contributed by atoms with Gasteiger partial charge in [0.15, 0.2) is 0 Å². The van der Waals surface area contributed by atoms with Crippen molar-refractivity contribution in [2.45, 2.75) is 0 Å². The van der Waals surface area contributed by atoms with Crippen molar-refractivity contribution in [3.8, 4) is 33.4 Å². The lowest BCUT2D eigenvalue weighted by atomic mass is 9.84. The van der Waals surface area contributed by atoms with E-state index in [2.05, 4.69) is 158 Å². The van der Waals surface area contributed by atoms with Crippen LogP contribution in [0.2, 0.25) is 0 Å². The molecule has 3 heterocycles. The van der Waals surface area contributed by atoms with E-state index in [1.165, 1.54) is 74.9 Å². The molecule has 0 aliphatic rings. The molecule has 0 aliphatic carbocycles. The Balaban J connectivity index is 1.13. The Morgan fingerprint density at radius 2 is 0.962 bits per heavy atom. The van der Waals surface area contributed by atoms with E-state index < -0.39 is 0 Å². The molecular formula is C50H28O2S. The Morgan fingerprint density at radius 1 is 0.340 bits per heavy atom. The van der Waals surface area contributed by atoms with Gasteiger partial charge < -0.3 is 8.83 Å². The minimum atomic E-state index is 0.913. The van der Waals surface area contributed by atoms with Crippen molar-refractivity contribution in [1.82, 2.24) is 0 Å². The topological polar surface area (TPSA) is 26.3 Å². The standard InChI is InChI=1S/C50H28O2S/c1-2-12-29(13-3-1)43-28-51-45-26-40-39-24-30(22-23-46(39)53-47(40)27-38(43)45)48-33-16-5-7-18-35(33)49(36-19-8-6-17-34(36)48)41-25-42-32-15-10-11-21-44(32)52-50(42)37-20-9-4-14-31(37)41/h1-28H. The first-order chi connectivity index (χ1) is 26.3. The van der Waals surface area contributed by atoms with E-state index in [-0.39, 0.29) is 0 Å². The number of thiophene rings is 1. The largest absolute Gasteiger partial charge is 0.464 e. The highest BCUT2D eigenvalue weighted by atomic mass is 32.1. The molecule has 0 spiro atoms. The van der Waals surface area contributed by atoms with Crippen molar-refractivity contribution >= 4 is 96.7 Å². The van der Waals surface area contributed by atoms with Crippen LogP contribution in [-0.4, -0.2) is 0 Å². The molecule has 0 N–H and O–H groups in total. The zero-order valence-corrected chi connectivity index (χ0v) is 29.2. The molecule has 3 aromatic heterocycles. The van der Waals surface area contributed by atoms with E-state index >= 15 is 0 Å². The van der Waals surface area contributed by atoms with E-state index in [0.717, 1.165) is 43.9 Å². The van der Waals surface area contributed by atoms with Crippen molar-refractivity contribution in [3.63, 3.8) is 0 Å². The van der Waals surface area contributed by atoms with E-state index in [0.29, 0.717) is 0 Å². The first-order valence-corrected chi connectivity index (χ1v) is 18.8.